The lowest BCUT2D eigenvalue weighted by atomic mass is 10.1. The van der Waals surface area contributed by atoms with Crippen LogP contribution in [0.25, 0.3) is 0 Å². The lowest BCUT2D eigenvalue weighted by molar-refractivity contribution is 0.243. The monoisotopic (exact) mass is 325 g/mol. The predicted molar refractivity (Wildman–Crippen MR) is 82.7 cm³/mol. The molecule has 22 heavy (non-hydrogen) atoms. The summed E-state index contributed by atoms with van der Waals surface area (Å²) in [5.74, 6) is -0.127. The van der Waals surface area contributed by atoms with E-state index in [1.54, 1.807) is 24.3 Å². The number of ether oxygens (including phenoxy) is 1. The normalized spacial score (nSPS) is 12.2. The van der Waals surface area contributed by atoms with Gasteiger partial charge in [0.1, 0.15) is 5.82 Å². The summed E-state index contributed by atoms with van der Waals surface area (Å²) in [6.07, 6.45) is 0. The van der Waals surface area contributed by atoms with Gasteiger partial charge in [0.05, 0.1) is 24.8 Å². The molecule has 2 aromatic carbocycles. The van der Waals surface area contributed by atoms with Crippen LogP contribution in [0.15, 0.2) is 36.4 Å². The third kappa shape index (κ3) is 3.68. The van der Waals surface area contributed by atoms with Crippen LogP contribution >= 0.6 is 11.6 Å². The number of aromatic hydroxyl groups is 1. The smallest absolute Gasteiger partial charge is 0.162 e. The highest BCUT2D eigenvalue weighted by atomic mass is 35.5. The quantitative estimate of drug-likeness (QED) is 0.764. The first-order valence-corrected chi connectivity index (χ1v) is 7.08. The standard InChI is InChI=1S/C16H17ClFNO3/c1-22-15-4-2-3-11(16(15)21)8-19-14(9-20)10-5-6-12(17)13(18)7-10/h2-7,14,19-21H,8-9H2,1H3. The third-order valence-electron chi connectivity index (χ3n) is 3.37. The highest BCUT2D eigenvalue weighted by Crippen LogP contribution is 2.29. The van der Waals surface area contributed by atoms with Crippen LogP contribution < -0.4 is 10.1 Å². The number of halogens is 2. The Morgan fingerprint density at radius 2 is 2.09 bits per heavy atom. The zero-order chi connectivity index (χ0) is 16.1. The molecule has 6 heteroatoms. The molecule has 3 N–H and O–H groups in total. The van der Waals surface area contributed by atoms with Crippen LogP contribution in [-0.4, -0.2) is 23.9 Å². The van der Waals surface area contributed by atoms with Crippen LogP contribution in [0.4, 0.5) is 4.39 Å². The van der Waals surface area contributed by atoms with E-state index in [0.717, 1.165) is 0 Å². The molecule has 118 valence electrons. The Balaban J connectivity index is 2.13. The van der Waals surface area contributed by atoms with Gasteiger partial charge in [-0.1, -0.05) is 29.8 Å². The molecular weight excluding hydrogens is 309 g/mol. The summed E-state index contributed by atoms with van der Waals surface area (Å²) in [5.41, 5.74) is 1.19. The van der Waals surface area contributed by atoms with Crippen molar-refractivity contribution < 1.29 is 19.3 Å². The Morgan fingerprint density at radius 1 is 1.32 bits per heavy atom. The average molecular weight is 326 g/mol. The number of nitrogens with one attached hydrogen (secondary N) is 1. The van der Waals surface area contributed by atoms with E-state index in [9.17, 15) is 14.6 Å². The molecule has 0 saturated heterocycles. The van der Waals surface area contributed by atoms with Crippen molar-refractivity contribution in [1.29, 1.82) is 0 Å². The summed E-state index contributed by atoms with van der Waals surface area (Å²) < 4.78 is 18.5. The molecule has 1 atom stereocenters. The molecule has 0 fully saturated rings. The van der Waals surface area contributed by atoms with E-state index >= 15 is 0 Å². The fraction of sp³-hybridized carbons (Fsp3) is 0.250. The van der Waals surface area contributed by atoms with Crippen LogP contribution in [0.1, 0.15) is 17.2 Å². The number of aliphatic hydroxyl groups excluding tert-OH is 1. The first-order chi connectivity index (χ1) is 10.6. The first-order valence-electron chi connectivity index (χ1n) is 6.70. The Labute approximate surface area is 133 Å². The second-order valence-electron chi connectivity index (χ2n) is 4.76. The first kappa shape index (κ1) is 16.5. The molecule has 0 bridgehead atoms. The molecule has 0 aliphatic heterocycles. The van der Waals surface area contributed by atoms with Crippen LogP contribution in [0.3, 0.4) is 0 Å². The van der Waals surface area contributed by atoms with Gasteiger partial charge in [0, 0.05) is 12.1 Å². The summed E-state index contributed by atoms with van der Waals surface area (Å²) in [6, 6.07) is 9.04. The van der Waals surface area contributed by atoms with Crippen LogP contribution in [-0.2, 0) is 6.54 Å². The minimum absolute atomic E-state index is 0.0332. The maximum absolute atomic E-state index is 13.5. The largest absolute Gasteiger partial charge is 0.504 e. The van der Waals surface area contributed by atoms with Gasteiger partial charge >= 0.3 is 0 Å². The van der Waals surface area contributed by atoms with Crippen LogP contribution in [0, 0.1) is 5.82 Å². The van der Waals surface area contributed by atoms with Gasteiger partial charge in [-0.25, -0.2) is 4.39 Å². The van der Waals surface area contributed by atoms with Crippen LogP contribution in [0.2, 0.25) is 5.02 Å². The van der Waals surface area contributed by atoms with E-state index in [1.165, 1.54) is 19.2 Å². The molecule has 2 rings (SSSR count). The van der Waals surface area contributed by atoms with Crippen molar-refractivity contribution in [2.24, 2.45) is 0 Å². The molecule has 2 aromatic rings. The van der Waals surface area contributed by atoms with E-state index in [0.29, 0.717) is 23.4 Å². The zero-order valence-corrected chi connectivity index (χ0v) is 12.8. The lowest BCUT2D eigenvalue weighted by Gasteiger charge is -2.18. The molecule has 0 aliphatic rings. The fourth-order valence-electron chi connectivity index (χ4n) is 2.13. The highest BCUT2D eigenvalue weighted by Gasteiger charge is 2.14. The van der Waals surface area contributed by atoms with Crippen molar-refractivity contribution in [3.63, 3.8) is 0 Å². The summed E-state index contributed by atoms with van der Waals surface area (Å²) >= 11 is 5.65. The van der Waals surface area contributed by atoms with Gasteiger partial charge in [-0.2, -0.15) is 0 Å². The molecule has 1 unspecified atom stereocenters. The number of rotatable bonds is 6. The maximum atomic E-state index is 13.5. The highest BCUT2D eigenvalue weighted by molar-refractivity contribution is 6.30. The van der Waals surface area contributed by atoms with E-state index in [4.69, 9.17) is 16.3 Å². The van der Waals surface area contributed by atoms with Crippen molar-refractivity contribution >= 4 is 11.6 Å². The molecular formula is C16H17ClFNO3. The second-order valence-corrected chi connectivity index (χ2v) is 5.16. The summed E-state index contributed by atoms with van der Waals surface area (Å²) in [7, 11) is 1.47. The van der Waals surface area contributed by atoms with Gasteiger partial charge in [-0.3, -0.25) is 0 Å². The third-order valence-corrected chi connectivity index (χ3v) is 3.68. The lowest BCUT2D eigenvalue weighted by Crippen LogP contribution is -2.24. The molecule has 0 aromatic heterocycles. The van der Waals surface area contributed by atoms with Crippen molar-refractivity contribution in [2.45, 2.75) is 12.6 Å². The van der Waals surface area contributed by atoms with E-state index in [1.807, 2.05) is 0 Å². The van der Waals surface area contributed by atoms with Gasteiger partial charge in [0.2, 0.25) is 0 Å². The minimum atomic E-state index is -0.538. The number of phenols is 1. The Bertz CT molecular complexity index is 651. The molecule has 0 saturated carbocycles. The summed E-state index contributed by atoms with van der Waals surface area (Å²) in [4.78, 5) is 0. The summed E-state index contributed by atoms with van der Waals surface area (Å²) in [5, 5.41) is 22.6. The minimum Gasteiger partial charge on any atom is -0.504 e. The topological polar surface area (TPSA) is 61.7 Å². The van der Waals surface area contributed by atoms with Crippen LogP contribution in [0.5, 0.6) is 11.5 Å². The second kappa shape index (κ2) is 7.45. The molecule has 4 nitrogen and oxygen atoms in total. The van der Waals surface area contributed by atoms with Crippen molar-refractivity contribution in [3.05, 3.63) is 58.4 Å². The van der Waals surface area contributed by atoms with Gasteiger partial charge in [0.25, 0.3) is 0 Å². The molecule has 0 spiro atoms. The Morgan fingerprint density at radius 3 is 2.73 bits per heavy atom. The van der Waals surface area contributed by atoms with Crippen molar-refractivity contribution in [3.8, 4) is 11.5 Å². The van der Waals surface area contributed by atoms with Gasteiger partial charge in [-0.15, -0.1) is 0 Å². The number of aliphatic hydroxyl groups is 1. The number of benzene rings is 2. The number of methoxy groups -OCH3 is 1. The maximum Gasteiger partial charge on any atom is 0.162 e. The molecule has 0 radical (unpaired) electrons. The Kier molecular flexibility index (Phi) is 5.60. The molecule has 0 aliphatic carbocycles. The number of phenolic OH excluding ortho intramolecular Hbond substituents is 1. The summed E-state index contributed by atoms with van der Waals surface area (Å²) in [6.45, 7) is 0.0737. The van der Waals surface area contributed by atoms with E-state index < -0.39 is 11.9 Å². The van der Waals surface area contributed by atoms with E-state index in [-0.39, 0.29) is 17.4 Å². The molecule has 0 heterocycles. The SMILES string of the molecule is COc1cccc(CNC(CO)c2ccc(Cl)c(F)c2)c1O. The van der Waals surface area contributed by atoms with Crippen molar-refractivity contribution in [1.82, 2.24) is 5.32 Å². The Hall–Kier alpha value is -1.82. The molecule has 0 amide bonds. The average Bonchev–Trinajstić information content (AvgIpc) is 2.52. The van der Waals surface area contributed by atoms with Gasteiger partial charge in [0.15, 0.2) is 11.5 Å². The number of hydrogen-bond donors (Lipinski definition) is 3. The van der Waals surface area contributed by atoms with Gasteiger partial charge < -0.3 is 20.3 Å². The number of hydrogen-bond acceptors (Lipinski definition) is 4. The zero-order valence-electron chi connectivity index (χ0n) is 12.0. The van der Waals surface area contributed by atoms with Gasteiger partial charge in [-0.05, 0) is 23.8 Å². The van der Waals surface area contributed by atoms with Crippen molar-refractivity contribution in [2.75, 3.05) is 13.7 Å². The fourth-order valence-corrected chi connectivity index (χ4v) is 2.24. The van der Waals surface area contributed by atoms with E-state index in [2.05, 4.69) is 5.32 Å². The number of para-hydroxylation sites is 1. The predicted octanol–water partition coefficient (Wildman–Crippen LogP) is 3.02.